The van der Waals surface area contributed by atoms with Gasteiger partial charge in [-0.1, -0.05) is 12.1 Å². The minimum Gasteiger partial charge on any atom is -0.490 e. The van der Waals surface area contributed by atoms with Gasteiger partial charge in [0.15, 0.2) is 0 Å². The summed E-state index contributed by atoms with van der Waals surface area (Å²) < 4.78 is 5.93. The summed E-state index contributed by atoms with van der Waals surface area (Å²) in [7, 11) is 0. The first-order valence-corrected chi connectivity index (χ1v) is 7.31. The Morgan fingerprint density at radius 3 is 2.59 bits per heavy atom. The zero-order chi connectivity index (χ0) is 11.9. The van der Waals surface area contributed by atoms with Gasteiger partial charge in [-0.05, 0) is 48.5 Å². The zero-order valence-electron chi connectivity index (χ0n) is 9.93. The summed E-state index contributed by atoms with van der Waals surface area (Å²) >= 11 is 2.01. The van der Waals surface area contributed by atoms with E-state index in [1.54, 1.807) is 0 Å². The molecular weight excluding hydrogens is 232 g/mol. The van der Waals surface area contributed by atoms with Crippen molar-refractivity contribution in [1.29, 1.82) is 0 Å². The van der Waals surface area contributed by atoms with E-state index in [1.165, 1.54) is 17.1 Å². The molecule has 1 aliphatic heterocycles. The highest BCUT2D eigenvalue weighted by Crippen LogP contribution is 2.23. The molecule has 0 radical (unpaired) electrons. The molecule has 1 heterocycles. The van der Waals surface area contributed by atoms with E-state index in [9.17, 15) is 4.79 Å². The van der Waals surface area contributed by atoms with Gasteiger partial charge >= 0.3 is 0 Å². The smallest absolute Gasteiger partial charge is 0.120 e. The highest BCUT2D eigenvalue weighted by molar-refractivity contribution is 7.99. The molecule has 0 aliphatic carbocycles. The van der Waals surface area contributed by atoms with E-state index in [-0.39, 0.29) is 0 Å². The number of hydrogen-bond acceptors (Lipinski definition) is 3. The average molecular weight is 250 g/mol. The molecule has 0 aromatic heterocycles. The van der Waals surface area contributed by atoms with Crippen LogP contribution in [0.5, 0.6) is 5.75 Å². The lowest BCUT2D eigenvalue weighted by molar-refractivity contribution is -0.107. The summed E-state index contributed by atoms with van der Waals surface area (Å²) in [5.41, 5.74) is 1.20. The maximum Gasteiger partial charge on any atom is 0.120 e. The van der Waals surface area contributed by atoms with Crippen LogP contribution in [0.15, 0.2) is 24.3 Å². The van der Waals surface area contributed by atoms with Crippen molar-refractivity contribution in [2.24, 2.45) is 0 Å². The second-order valence-electron chi connectivity index (χ2n) is 4.28. The minimum atomic E-state index is 0.386. The molecule has 0 N–H and O–H groups in total. The Bertz CT molecular complexity index is 342. The van der Waals surface area contributed by atoms with E-state index in [0.717, 1.165) is 31.3 Å². The van der Waals surface area contributed by atoms with Crippen LogP contribution in [0.1, 0.15) is 24.8 Å². The molecule has 2 rings (SSSR count). The summed E-state index contributed by atoms with van der Waals surface area (Å²) in [6.07, 6.45) is 5.07. The second-order valence-corrected chi connectivity index (χ2v) is 5.50. The fourth-order valence-corrected chi connectivity index (χ4v) is 3.01. The molecule has 2 nitrogen and oxygen atoms in total. The Kier molecular flexibility index (Phi) is 4.92. The van der Waals surface area contributed by atoms with Gasteiger partial charge in [0.2, 0.25) is 0 Å². The molecule has 1 saturated heterocycles. The number of ether oxygens (including phenoxy) is 1. The van der Waals surface area contributed by atoms with Gasteiger partial charge < -0.3 is 9.53 Å². The Hall–Kier alpha value is -0.960. The van der Waals surface area contributed by atoms with Crippen LogP contribution in [0.25, 0.3) is 0 Å². The molecule has 3 heteroatoms. The van der Waals surface area contributed by atoms with E-state index in [0.29, 0.717) is 12.5 Å². The van der Waals surface area contributed by atoms with Gasteiger partial charge in [-0.15, -0.1) is 0 Å². The minimum absolute atomic E-state index is 0.386. The van der Waals surface area contributed by atoms with Crippen LogP contribution in [0.3, 0.4) is 0 Å². The monoisotopic (exact) mass is 250 g/mol. The number of aryl methyl sites for hydroxylation is 1. The van der Waals surface area contributed by atoms with E-state index in [1.807, 2.05) is 23.9 Å². The molecule has 1 aliphatic rings. The predicted molar refractivity (Wildman–Crippen MR) is 71.8 cm³/mol. The molecule has 0 bridgehead atoms. The molecule has 1 aromatic carbocycles. The molecule has 92 valence electrons. The Labute approximate surface area is 107 Å². The van der Waals surface area contributed by atoms with Gasteiger partial charge in [-0.3, -0.25) is 0 Å². The highest BCUT2D eigenvalue weighted by atomic mass is 32.2. The van der Waals surface area contributed by atoms with Crippen molar-refractivity contribution in [2.45, 2.75) is 31.8 Å². The third-order valence-electron chi connectivity index (χ3n) is 2.95. The predicted octanol–water partition coefficient (Wildman–Crippen LogP) is 3.09. The van der Waals surface area contributed by atoms with Crippen LogP contribution >= 0.6 is 11.8 Å². The Morgan fingerprint density at radius 1 is 1.24 bits per heavy atom. The molecule has 0 amide bonds. The zero-order valence-corrected chi connectivity index (χ0v) is 10.7. The van der Waals surface area contributed by atoms with Crippen molar-refractivity contribution < 1.29 is 9.53 Å². The van der Waals surface area contributed by atoms with Crippen LogP contribution in [-0.4, -0.2) is 23.9 Å². The van der Waals surface area contributed by atoms with Gasteiger partial charge in [0, 0.05) is 6.42 Å². The molecule has 1 aromatic rings. The van der Waals surface area contributed by atoms with Crippen LogP contribution in [-0.2, 0) is 11.2 Å². The van der Waals surface area contributed by atoms with Gasteiger partial charge in [0.1, 0.15) is 18.1 Å². The quantitative estimate of drug-likeness (QED) is 0.751. The summed E-state index contributed by atoms with van der Waals surface area (Å²) in [6.45, 7) is 0. The molecular formula is C14H18O2S. The van der Waals surface area contributed by atoms with E-state index >= 15 is 0 Å². The highest BCUT2D eigenvalue weighted by Gasteiger charge is 2.14. The molecule has 0 atom stereocenters. The van der Waals surface area contributed by atoms with Crippen molar-refractivity contribution in [3.63, 3.8) is 0 Å². The van der Waals surface area contributed by atoms with Gasteiger partial charge in [0.05, 0.1) is 0 Å². The molecule has 1 fully saturated rings. The van der Waals surface area contributed by atoms with Crippen molar-refractivity contribution in [1.82, 2.24) is 0 Å². The molecule has 17 heavy (non-hydrogen) atoms. The van der Waals surface area contributed by atoms with Gasteiger partial charge in [-0.25, -0.2) is 0 Å². The number of carbonyl (C=O) groups excluding carboxylic acids is 1. The first kappa shape index (κ1) is 12.5. The maximum absolute atomic E-state index is 10.3. The average Bonchev–Trinajstić information content (AvgIpc) is 2.39. The molecule has 0 spiro atoms. The standard InChI is InChI=1S/C14H18O2S/c15-9-1-2-12-3-5-13(6-4-12)16-14-7-10-17-11-8-14/h3-6,9,14H,1-2,7-8,10-11H2. The normalized spacial score (nSPS) is 16.7. The van der Waals surface area contributed by atoms with Crippen molar-refractivity contribution >= 4 is 18.0 Å². The number of hydrogen-bond donors (Lipinski definition) is 0. The number of rotatable bonds is 5. The lowest BCUT2D eigenvalue weighted by Gasteiger charge is -2.22. The van der Waals surface area contributed by atoms with Crippen LogP contribution in [0.2, 0.25) is 0 Å². The molecule has 0 unspecified atom stereocenters. The van der Waals surface area contributed by atoms with Crippen LogP contribution in [0, 0.1) is 0 Å². The fraction of sp³-hybridized carbons (Fsp3) is 0.500. The van der Waals surface area contributed by atoms with Gasteiger partial charge in [0.25, 0.3) is 0 Å². The summed E-state index contributed by atoms with van der Waals surface area (Å²) in [5, 5.41) is 0. The molecule has 0 saturated carbocycles. The van der Waals surface area contributed by atoms with Crippen molar-refractivity contribution in [3.05, 3.63) is 29.8 Å². The lowest BCUT2D eigenvalue weighted by Crippen LogP contribution is -2.21. The van der Waals surface area contributed by atoms with Crippen molar-refractivity contribution in [3.8, 4) is 5.75 Å². The first-order valence-electron chi connectivity index (χ1n) is 6.15. The van der Waals surface area contributed by atoms with E-state index in [4.69, 9.17) is 4.74 Å². The lowest BCUT2D eigenvalue weighted by atomic mass is 10.1. The number of thioether (sulfide) groups is 1. The third kappa shape index (κ3) is 4.08. The second kappa shape index (κ2) is 6.70. The summed E-state index contributed by atoms with van der Waals surface area (Å²) in [6, 6.07) is 8.14. The number of benzene rings is 1. The number of aldehydes is 1. The van der Waals surface area contributed by atoms with Crippen molar-refractivity contribution in [2.75, 3.05) is 11.5 Å². The fourth-order valence-electron chi connectivity index (χ4n) is 1.95. The van der Waals surface area contributed by atoms with Gasteiger partial charge in [-0.2, -0.15) is 11.8 Å². The third-order valence-corrected chi connectivity index (χ3v) is 3.99. The van der Waals surface area contributed by atoms with E-state index in [2.05, 4.69) is 12.1 Å². The number of carbonyl (C=O) groups is 1. The van der Waals surface area contributed by atoms with E-state index < -0.39 is 0 Å². The van der Waals surface area contributed by atoms with Crippen LogP contribution < -0.4 is 4.74 Å². The topological polar surface area (TPSA) is 26.3 Å². The summed E-state index contributed by atoms with van der Waals surface area (Å²) in [4.78, 5) is 10.3. The Morgan fingerprint density at radius 2 is 1.94 bits per heavy atom. The summed E-state index contributed by atoms with van der Waals surface area (Å²) in [5.74, 6) is 3.38. The van der Waals surface area contributed by atoms with Crippen LogP contribution in [0.4, 0.5) is 0 Å². The Balaban J connectivity index is 1.86. The maximum atomic E-state index is 10.3. The largest absolute Gasteiger partial charge is 0.490 e. The first-order chi connectivity index (χ1) is 8.38. The SMILES string of the molecule is O=CCCc1ccc(OC2CCSCC2)cc1.